The second-order valence-corrected chi connectivity index (χ2v) is 29.7. The van der Waals surface area contributed by atoms with E-state index in [9.17, 15) is 0 Å². The quantitative estimate of drug-likeness (QED) is 0.141. The number of nitrogens with one attached hydrogen (secondary N) is 1. The molecule has 13 heteroatoms. The van der Waals surface area contributed by atoms with Crippen molar-refractivity contribution in [1.82, 2.24) is 22.8 Å². The average molecular weight is 1340 g/mol. The average Bonchev–Trinajstić information content (AvgIpc) is 1.06. The lowest BCUT2D eigenvalue weighted by Gasteiger charge is -2.41. The molecule has 5 aromatic heterocycles. The number of fused-ring (bicyclic) bond motifs is 27. The zero-order chi connectivity index (χ0) is 67.2. The molecule has 0 aliphatic carbocycles. The van der Waals surface area contributed by atoms with Crippen LogP contribution in [0.3, 0.4) is 0 Å². The molecule has 478 valence electrons. The van der Waals surface area contributed by atoms with E-state index in [1.54, 1.807) is 11.9 Å². The van der Waals surface area contributed by atoms with Crippen molar-refractivity contribution in [1.29, 1.82) is 0 Å². The van der Waals surface area contributed by atoms with E-state index >= 15 is 0 Å². The van der Waals surface area contributed by atoms with Gasteiger partial charge in [-0.3, -0.25) is 4.31 Å². The van der Waals surface area contributed by atoms with E-state index in [0.29, 0.717) is 0 Å². The number of hydrogen-bond donors (Lipinski definition) is 1. The molecule has 0 bridgehead atoms. The summed E-state index contributed by atoms with van der Waals surface area (Å²) in [6.45, 7) is -0.576. The maximum atomic E-state index is 7.76. The molecule has 0 fully saturated rings. The predicted octanol–water partition coefficient (Wildman–Crippen LogP) is 16.3. The number of anilines is 4. The third kappa shape index (κ3) is 6.70. The van der Waals surface area contributed by atoms with Gasteiger partial charge < -0.3 is 37.6 Å². The molecule has 6 aliphatic heterocycles. The Balaban J connectivity index is 0.738. The second kappa shape index (κ2) is 19.4. The van der Waals surface area contributed by atoms with Gasteiger partial charge in [0.2, 0.25) is 0 Å². The fourth-order valence-corrected chi connectivity index (χ4v) is 21.0. The number of para-hydroxylation sites is 10. The van der Waals surface area contributed by atoms with Crippen molar-refractivity contribution in [2.75, 3.05) is 15.9 Å². The van der Waals surface area contributed by atoms with Crippen LogP contribution in [-0.4, -0.2) is 49.2 Å². The van der Waals surface area contributed by atoms with Gasteiger partial charge in [-0.15, -0.1) is 0 Å². The van der Waals surface area contributed by atoms with Crippen LogP contribution in [-0.2, 0) is 0 Å². The molecule has 0 saturated carbocycles. The molecule has 0 saturated heterocycles. The standard InChI is InChI=1S/C91H52B3N7O2S/c1-104-101-79-49-84-68(47-66(79)93-64-31-19-29-62-60-27-9-17-39-78(60)100(91(62)64)81-42-51(43-82(101)88(81)93)97-73-34-12-4-22-55(73)56-23-5-13-35-74(56)97)94-67-46-65-69(48-83(67)102-85-44-52(45-86(103-84)89(85)94)98-75-36-14-6-24-57(75)58-25-7-15-37-76(58)98)95-70-40-50(96-71-32-10-2-20-53(71)54-21-3-11-33-72(54)96)41-80-87(70)92(65)63-30-18-28-61-59-26-8-16-38-77(59)99(80)90(61)63/h2-49,95H,1H3. The van der Waals surface area contributed by atoms with Crippen LogP contribution in [0.1, 0.15) is 0 Å². The lowest BCUT2D eigenvalue weighted by molar-refractivity contribution is 0.464. The molecule has 0 radical (unpaired) electrons. The molecule has 0 unspecified atom stereocenters. The molecule has 0 atom stereocenters. The number of rotatable bonds is 4. The van der Waals surface area contributed by atoms with Gasteiger partial charge in [0.15, 0.2) is 0 Å². The Morgan fingerprint density at radius 3 is 1.08 bits per heavy atom. The minimum Gasteiger partial charge on any atom is -0.458 e. The van der Waals surface area contributed by atoms with E-state index in [-0.39, 0.29) is 20.1 Å². The molecule has 1 N–H and O–H groups in total. The van der Waals surface area contributed by atoms with E-state index in [1.165, 1.54) is 142 Å². The Morgan fingerprint density at radius 1 is 0.260 bits per heavy atom. The highest BCUT2D eigenvalue weighted by Gasteiger charge is 2.49. The lowest BCUT2D eigenvalue weighted by Crippen LogP contribution is -2.64. The Kier molecular flexibility index (Phi) is 10.2. The summed E-state index contributed by atoms with van der Waals surface area (Å²) in [5.41, 5.74) is 32.6. The highest BCUT2D eigenvalue weighted by Crippen LogP contribution is 2.48. The van der Waals surface area contributed by atoms with Crippen molar-refractivity contribution in [3.8, 4) is 51.4 Å². The van der Waals surface area contributed by atoms with Gasteiger partial charge in [-0.25, -0.2) is 0 Å². The number of ether oxygens (including phenoxy) is 2. The first-order valence-corrected chi connectivity index (χ1v) is 37.1. The normalized spacial score (nSPS) is 13.8. The SMILES string of the molecule is CSN1c2cc3c(cc2B2c4c1cc(-n1c5ccccc5c5ccccc51)cc4-n1c4ccccc4c4cccc2c41)B1c2cc4c(cc2Oc2cc(-n5c6ccccc6c6ccccc65)cc(c21)O3)Nc1cc(-n2c3ccccc3c3ccccc32)cc2c1B4c1cccc3c4ccccc4n-2c13. The molecule has 0 amide bonds. The lowest BCUT2D eigenvalue weighted by atomic mass is 9.30. The number of hydrogen-bond acceptors (Lipinski definition) is 5. The first-order valence-electron chi connectivity index (χ1n) is 35.9. The molecule has 9 nitrogen and oxygen atoms in total. The van der Waals surface area contributed by atoms with Crippen LogP contribution in [0.4, 0.5) is 22.7 Å². The van der Waals surface area contributed by atoms with Gasteiger partial charge >= 0.3 is 0 Å². The minimum atomic E-state index is -0.299. The second-order valence-electron chi connectivity index (χ2n) is 29.0. The van der Waals surface area contributed by atoms with Crippen LogP contribution < -0.4 is 68.3 Å². The first kappa shape index (κ1) is 54.8. The number of aromatic nitrogens is 5. The zero-order valence-electron chi connectivity index (χ0n) is 55.9. The third-order valence-corrected chi connectivity index (χ3v) is 25.0. The molecule has 0 spiro atoms. The Hall–Kier alpha value is -13.0. The van der Waals surface area contributed by atoms with Gasteiger partial charge in [-0.05, 0) is 128 Å². The minimum absolute atomic E-state index is 0.136. The summed E-state index contributed by atoms with van der Waals surface area (Å²) >= 11 is 1.76. The van der Waals surface area contributed by atoms with Gasteiger partial charge in [0.25, 0.3) is 20.1 Å². The summed E-state index contributed by atoms with van der Waals surface area (Å²) in [4.78, 5) is 0. The summed E-state index contributed by atoms with van der Waals surface area (Å²) in [6.07, 6.45) is 2.23. The van der Waals surface area contributed by atoms with Crippen LogP contribution in [0, 0.1) is 0 Å². The van der Waals surface area contributed by atoms with Crippen molar-refractivity contribution in [2.24, 2.45) is 0 Å². The number of benzene rings is 15. The van der Waals surface area contributed by atoms with Crippen molar-refractivity contribution >= 4 is 213 Å². The maximum Gasteiger partial charge on any atom is 0.260 e. The van der Waals surface area contributed by atoms with Crippen LogP contribution >= 0.6 is 11.9 Å². The molecule has 104 heavy (non-hydrogen) atoms. The van der Waals surface area contributed by atoms with Gasteiger partial charge in [-0.2, -0.15) is 0 Å². The predicted molar refractivity (Wildman–Crippen MR) is 437 cm³/mol. The third-order valence-electron chi connectivity index (χ3n) is 24.2. The molecule has 20 aromatic rings. The van der Waals surface area contributed by atoms with Gasteiger partial charge in [0.05, 0.1) is 72.6 Å². The Bertz CT molecular complexity index is 7300. The topological polar surface area (TPSA) is 58.4 Å². The van der Waals surface area contributed by atoms with Crippen LogP contribution in [0.2, 0.25) is 0 Å². The molecule has 11 heterocycles. The Labute approximate surface area is 599 Å². The van der Waals surface area contributed by atoms with Crippen molar-refractivity contribution in [2.45, 2.75) is 0 Å². The van der Waals surface area contributed by atoms with Crippen molar-refractivity contribution in [3.63, 3.8) is 0 Å². The monoisotopic (exact) mass is 1340 g/mol. The first-order chi connectivity index (χ1) is 51.6. The van der Waals surface area contributed by atoms with E-state index < -0.39 is 0 Å². The fourth-order valence-electron chi connectivity index (χ4n) is 20.3. The fraction of sp³-hybridized carbons (Fsp3) is 0.0110. The molecule has 26 rings (SSSR count). The van der Waals surface area contributed by atoms with Crippen LogP contribution in [0.5, 0.6) is 23.0 Å². The highest BCUT2D eigenvalue weighted by molar-refractivity contribution is 8.00. The highest BCUT2D eigenvalue weighted by atomic mass is 32.2. The molecule has 15 aromatic carbocycles. The summed E-state index contributed by atoms with van der Waals surface area (Å²) < 4.78 is 30.5. The number of nitrogens with zero attached hydrogens (tertiary/aromatic N) is 6. The van der Waals surface area contributed by atoms with E-state index in [4.69, 9.17) is 9.47 Å². The summed E-state index contributed by atoms with van der Waals surface area (Å²) in [6, 6.07) is 109. The van der Waals surface area contributed by atoms with Gasteiger partial charge in [0, 0.05) is 124 Å². The Morgan fingerprint density at radius 2 is 0.615 bits per heavy atom. The summed E-state index contributed by atoms with van der Waals surface area (Å²) in [5.74, 6) is 3.21. The van der Waals surface area contributed by atoms with Gasteiger partial charge in [0.1, 0.15) is 23.0 Å². The largest absolute Gasteiger partial charge is 0.458 e. The van der Waals surface area contributed by atoms with E-state index in [0.717, 1.165) is 90.2 Å². The van der Waals surface area contributed by atoms with Gasteiger partial charge in [-0.1, -0.05) is 194 Å². The van der Waals surface area contributed by atoms with E-state index in [1.807, 2.05) is 0 Å². The summed E-state index contributed by atoms with van der Waals surface area (Å²) in [5, 5.41) is 16.5. The van der Waals surface area contributed by atoms with Crippen molar-refractivity contribution < 1.29 is 9.47 Å². The smallest absolute Gasteiger partial charge is 0.260 e. The summed E-state index contributed by atoms with van der Waals surface area (Å²) in [7, 11) is 0. The van der Waals surface area contributed by atoms with E-state index in [2.05, 4.69) is 330 Å². The van der Waals surface area contributed by atoms with Crippen LogP contribution in [0.15, 0.2) is 291 Å². The van der Waals surface area contributed by atoms with Crippen molar-refractivity contribution in [3.05, 3.63) is 291 Å². The molecular weight excluding hydrogens is 1290 g/mol. The van der Waals surface area contributed by atoms with Crippen LogP contribution in [0.25, 0.3) is 137 Å². The molecule has 6 aliphatic rings. The zero-order valence-corrected chi connectivity index (χ0v) is 56.7. The molecular formula is C91H52B3N7O2S. The maximum absolute atomic E-state index is 7.76.